The molecule has 0 aromatic heterocycles. The number of hydrogen-bond donors (Lipinski definition) is 2. The molecule has 0 amide bonds. The Bertz CT molecular complexity index is 355. The molecule has 0 aliphatic heterocycles. The molecule has 0 unspecified atom stereocenters. The number of hydrogen-bond acceptors (Lipinski definition) is 3. The van der Waals surface area contributed by atoms with Crippen LogP contribution in [-0.2, 0) is 4.79 Å². The Morgan fingerprint density at radius 2 is 1.93 bits per heavy atom. The van der Waals surface area contributed by atoms with Crippen LogP contribution in [0.25, 0.3) is 6.08 Å². The van der Waals surface area contributed by atoms with Crippen molar-refractivity contribution in [3.8, 4) is 0 Å². The van der Waals surface area contributed by atoms with Crippen LogP contribution >= 0.6 is 0 Å². The third-order valence-corrected chi connectivity index (χ3v) is 2.27. The van der Waals surface area contributed by atoms with Crippen LogP contribution in [0.1, 0.15) is 18.9 Å². The van der Waals surface area contributed by atoms with Gasteiger partial charge in [-0.15, -0.1) is 0 Å². The van der Waals surface area contributed by atoms with Crippen LogP contribution in [0.4, 0.5) is 0 Å². The van der Waals surface area contributed by atoms with E-state index in [1.54, 1.807) is 13.0 Å². The van der Waals surface area contributed by atoms with Crippen molar-refractivity contribution in [1.82, 2.24) is 0 Å². The first kappa shape index (κ1) is 11.6. The summed E-state index contributed by atoms with van der Waals surface area (Å²) < 4.78 is 0. The molecule has 0 bridgehead atoms. The van der Waals surface area contributed by atoms with Crippen molar-refractivity contribution in [2.75, 3.05) is 0 Å². The molecule has 1 aromatic rings. The van der Waals surface area contributed by atoms with Gasteiger partial charge in [0.1, 0.15) is 5.66 Å². The van der Waals surface area contributed by atoms with Crippen molar-refractivity contribution in [3.05, 3.63) is 42.0 Å². The predicted molar refractivity (Wildman–Crippen MR) is 61.9 cm³/mol. The molecule has 0 spiro atoms. The van der Waals surface area contributed by atoms with E-state index in [-0.39, 0.29) is 5.78 Å². The average Bonchev–Trinajstić information content (AvgIpc) is 2.27. The van der Waals surface area contributed by atoms with Crippen LogP contribution < -0.4 is 11.5 Å². The number of benzene rings is 1. The summed E-state index contributed by atoms with van der Waals surface area (Å²) in [6.45, 7) is 1.79. The fraction of sp³-hybridized carbons (Fsp3) is 0.250. The summed E-state index contributed by atoms with van der Waals surface area (Å²) in [7, 11) is 0. The Morgan fingerprint density at radius 1 is 1.33 bits per heavy atom. The third kappa shape index (κ3) is 3.31. The van der Waals surface area contributed by atoms with Gasteiger partial charge in [0.25, 0.3) is 0 Å². The molecular weight excluding hydrogens is 188 g/mol. The first-order valence-corrected chi connectivity index (χ1v) is 4.91. The highest BCUT2D eigenvalue weighted by Crippen LogP contribution is 2.05. The van der Waals surface area contributed by atoms with Gasteiger partial charge in [-0.25, -0.2) is 0 Å². The highest BCUT2D eigenvalue weighted by Gasteiger charge is 2.23. The van der Waals surface area contributed by atoms with Crippen LogP contribution in [0, 0.1) is 0 Å². The molecule has 0 atom stereocenters. The minimum Gasteiger partial charge on any atom is -0.307 e. The van der Waals surface area contributed by atoms with Gasteiger partial charge in [-0.05, 0) is 18.1 Å². The van der Waals surface area contributed by atoms with Crippen molar-refractivity contribution >= 4 is 11.9 Å². The van der Waals surface area contributed by atoms with Crippen molar-refractivity contribution in [1.29, 1.82) is 0 Å². The van der Waals surface area contributed by atoms with Crippen LogP contribution in [-0.4, -0.2) is 11.4 Å². The summed E-state index contributed by atoms with van der Waals surface area (Å²) in [5.41, 5.74) is 10.9. The Hall–Kier alpha value is -1.45. The molecule has 1 aromatic carbocycles. The van der Waals surface area contributed by atoms with Gasteiger partial charge in [0, 0.05) is 0 Å². The third-order valence-electron chi connectivity index (χ3n) is 2.27. The lowest BCUT2D eigenvalue weighted by molar-refractivity contribution is -0.119. The maximum Gasteiger partial charge on any atom is 0.189 e. The Labute approximate surface area is 89.8 Å². The first-order valence-electron chi connectivity index (χ1n) is 4.91. The van der Waals surface area contributed by atoms with E-state index in [0.29, 0.717) is 6.42 Å². The molecule has 0 saturated heterocycles. The fourth-order valence-corrected chi connectivity index (χ4v) is 1.07. The molecule has 15 heavy (non-hydrogen) atoms. The second-order valence-corrected chi connectivity index (χ2v) is 3.50. The quantitative estimate of drug-likeness (QED) is 0.573. The summed E-state index contributed by atoms with van der Waals surface area (Å²) >= 11 is 0. The van der Waals surface area contributed by atoms with E-state index in [9.17, 15) is 4.79 Å². The van der Waals surface area contributed by atoms with Crippen LogP contribution in [0.15, 0.2) is 36.4 Å². The van der Waals surface area contributed by atoms with Gasteiger partial charge >= 0.3 is 0 Å². The zero-order valence-electron chi connectivity index (χ0n) is 8.81. The van der Waals surface area contributed by atoms with E-state index in [2.05, 4.69) is 0 Å². The first-order chi connectivity index (χ1) is 7.06. The Balaban J connectivity index is 2.71. The molecule has 3 nitrogen and oxygen atoms in total. The zero-order chi connectivity index (χ0) is 11.3. The fourth-order valence-electron chi connectivity index (χ4n) is 1.07. The molecule has 0 fully saturated rings. The molecule has 3 heteroatoms. The summed E-state index contributed by atoms with van der Waals surface area (Å²) in [5, 5.41) is 0. The minimum atomic E-state index is -1.24. The van der Waals surface area contributed by atoms with Gasteiger partial charge in [-0.2, -0.15) is 0 Å². The average molecular weight is 204 g/mol. The molecule has 0 saturated carbocycles. The lowest BCUT2D eigenvalue weighted by Gasteiger charge is -2.18. The highest BCUT2D eigenvalue weighted by molar-refractivity contribution is 6.00. The molecule has 0 heterocycles. The second kappa shape index (κ2) is 4.87. The van der Waals surface area contributed by atoms with Gasteiger partial charge in [0.2, 0.25) is 0 Å². The SMILES string of the molecule is CCC(N)(N)C(=O)C=Cc1ccccc1. The number of nitrogens with two attached hydrogens (primary N) is 2. The molecule has 1 rings (SSSR count). The topological polar surface area (TPSA) is 69.1 Å². The van der Waals surface area contributed by atoms with Gasteiger partial charge in [0.05, 0.1) is 0 Å². The maximum absolute atomic E-state index is 11.5. The summed E-state index contributed by atoms with van der Waals surface area (Å²) in [4.78, 5) is 11.5. The highest BCUT2D eigenvalue weighted by atomic mass is 16.1. The predicted octanol–water partition coefficient (Wildman–Crippen LogP) is 1.29. The molecule has 4 N–H and O–H groups in total. The monoisotopic (exact) mass is 204 g/mol. The van der Waals surface area contributed by atoms with E-state index >= 15 is 0 Å². The lowest BCUT2D eigenvalue weighted by Crippen LogP contribution is -2.55. The van der Waals surface area contributed by atoms with Gasteiger partial charge in [-0.1, -0.05) is 43.3 Å². The van der Waals surface area contributed by atoms with Gasteiger partial charge in [0.15, 0.2) is 5.78 Å². The maximum atomic E-state index is 11.5. The van der Waals surface area contributed by atoms with Crippen molar-refractivity contribution in [2.24, 2.45) is 11.5 Å². The Kier molecular flexibility index (Phi) is 3.77. The zero-order valence-corrected chi connectivity index (χ0v) is 8.81. The Morgan fingerprint density at radius 3 is 2.47 bits per heavy atom. The molecule has 0 aliphatic carbocycles. The van der Waals surface area contributed by atoms with E-state index in [1.165, 1.54) is 6.08 Å². The molecule has 0 radical (unpaired) electrons. The number of carbonyl (C=O) groups is 1. The van der Waals surface area contributed by atoms with Crippen LogP contribution in [0.2, 0.25) is 0 Å². The van der Waals surface area contributed by atoms with Gasteiger partial charge < -0.3 is 11.5 Å². The minimum absolute atomic E-state index is 0.256. The second-order valence-electron chi connectivity index (χ2n) is 3.50. The smallest absolute Gasteiger partial charge is 0.189 e. The van der Waals surface area contributed by atoms with Crippen molar-refractivity contribution in [2.45, 2.75) is 19.0 Å². The number of carbonyl (C=O) groups excluding carboxylic acids is 1. The van der Waals surface area contributed by atoms with E-state index < -0.39 is 5.66 Å². The van der Waals surface area contributed by atoms with E-state index in [1.807, 2.05) is 30.3 Å². The summed E-state index contributed by atoms with van der Waals surface area (Å²) in [5.74, 6) is -0.256. The van der Waals surface area contributed by atoms with Crippen molar-refractivity contribution in [3.63, 3.8) is 0 Å². The van der Waals surface area contributed by atoms with E-state index in [4.69, 9.17) is 11.5 Å². The summed E-state index contributed by atoms with van der Waals surface area (Å²) in [6.07, 6.45) is 3.57. The number of rotatable bonds is 4. The normalized spacial score (nSPS) is 11.9. The lowest BCUT2D eigenvalue weighted by atomic mass is 10.0. The van der Waals surface area contributed by atoms with Gasteiger partial charge in [-0.3, -0.25) is 4.79 Å². The van der Waals surface area contributed by atoms with Crippen molar-refractivity contribution < 1.29 is 4.79 Å². The number of ketones is 1. The largest absolute Gasteiger partial charge is 0.307 e. The molecule has 0 aliphatic rings. The van der Waals surface area contributed by atoms with Crippen LogP contribution in [0.3, 0.4) is 0 Å². The van der Waals surface area contributed by atoms with Crippen LogP contribution in [0.5, 0.6) is 0 Å². The van der Waals surface area contributed by atoms with E-state index in [0.717, 1.165) is 5.56 Å². The molecular formula is C12H16N2O. The molecule has 80 valence electrons. The summed E-state index contributed by atoms with van der Waals surface area (Å²) in [6, 6.07) is 9.54. The standard InChI is InChI=1S/C12H16N2O/c1-2-12(13,14)11(15)9-8-10-6-4-3-5-7-10/h3-9H,2,13-14H2,1H3.